The molecule has 0 aliphatic heterocycles. The molecule has 0 radical (unpaired) electrons. The van der Waals surface area contributed by atoms with Gasteiger partial charge >= 0.3 is 0 Å². The van der Waals surface area contributed by atoms with Crippen LogP contribution in [0.3, 0.4) is 0 Å². The highest BCUT2D eigenvalue weighted by Crippen LogP contribution is 2.29. The Labute approximate surface area is 637 Å². The molecule has 0 fully saturated rings. The Morgan fingerprint density at radius 1 is 0.0989 bits per heavy atom. The van der Waals surface area contributed by atoms with Crippen molar-refractivity contribution < 1.29 is 0 Å². The minimum Gasteiger partial charge on any atom is 0.000000832 e. The van der Waals surface area contributed by atoms with E-state index < -0.39 is 0 Å². The summed E-state index contributed by atoms with van der Waals surface area (Å²) in [5.41, 5.74) is 0. The van der Waals surface area contributed by atoms with Crippen LogP contribution in [0.5, 0.6) is 0 Å². The van der Waals surface area contributed by atoms with Crippen molar-refractivity contribution in [2.75, 3.05) is 0 Å². The van der Waals surface area contributed by atoms with Crippen molar-refractivity contribution in [3.05, 3.63) is 0 Å². The van der Waals surface area contributed by atoms with Crippen molar-refractivity contribution in [3.63, 3.8) is 0 Å². The molecule has 0 amide bonds. The Balaban J connectivity index is 13.8. The van der Waals surface area contributed by atoms with E-state index in [1.807, 2.05) is 0 Å². The van der Waals surface area contributed by atoms with Gasteiger partial charge < -0.3 is 0 Å². The van der Waals surface area contributed by atoms with Crippen molar-refractivity contribution >= 4 is 644 Å². The van der Waals surface area contributed by atoms with Gasteiger partial charge in [0.15, 0.2) is 0 Å². The van der Waals surface area contributed by atoms with Gasteiger partial charge in [0, 0.05) is 288 Å². The maximum absolute atomic E-state index is 2.88. The second-order valence-corrected chi connectivity index (χ2v) is 40.9. The van der Waals surface area contributed by atoms with Crippen LogP contribution in [-0.4, -0.2) is 644 Å². The van der Waals surface area contributed by atoms with Crippen LogP contribution in [0.2, 0.25) is 0 Å². The summed E-state index contributed by atoms with van der Waals surface area (Å²) in [5, 5.41) is 0. The summed E-state index contributed by atoms with van der Waals surface area (Å²) < 4.78 is 0. The molecule has 0 nitrogen and oxygen atoms in total. The molecule has 0 aromatic carbocycles. The fraction of sp³-hybridized carbons (Fsp3) is 0. The highest BCUT2D eigenvalue weighted by atomic mass is 13.5. The molecule has 0 aliphatic carbocycles. The fourth-order valence-electron chi connectivity index (χ4n) is 26.5. The van der Waals surface area contributed by atoms with Crippen molar-refractivity contribution in [2.24, 2.45) is 0 Å². The van der Waals surface area contributed by atoms with E-state index in [0.717, 1.165) is 0 Å². The normalized spacial score (nSPS) is 9.80. The summed E-state index contributed by atoms with van der Waals surface area (Å²) >= 11 is 0. The molecule has 91 heteroatoms. The summed E-state index contributed by atoms with van der Waals surface area (Å²) in [4.78, 5) is 0. The van der Waals surface area contributed by atoms with Crippen LogP contribution in [0.25, 0.3) is 0 Å². The standard InChI is InChI=1S/B91H93/c1-47-70(46)82(71(48(2)3)49(4)5)88(83(72(50(6)7)51(8)9)73(52(10)11)53(12)13)91(89(84(74(54(14)15)55(16)17)75(56(18)19)57(20)21)85(76(58(22)23)59(24)25)77(60(26)27)61(28)29)90(86(78(62(30)31)63(32)33)79(64(34)35)65(36)37)87(80(66(38)39)67(40)41)81(68(42)43)69(44)45/h47H,1-46H2. The minimum absolute atomic E-state index is 0.467. The molecule has 0 saturated heterocycles. The molecule has 0 aliphatic rings. The van der Waals surface area contributed by atoms with E-state index in [1.165, 1.54) is 7.06 Å². The Morgan fingerprint density at radius 2 is 0.165 bits per heavy atom. The molecule has 0 aromatic heterocycles. The first-order valence-electron chi connectivity index (χ1n) is 41.4. The van der Waals surface area contributed by atoms with Crippen molar-refractivity contribution in [1.29, 1.82) is 0 Å². The summed E-state index contributed by atoms with van der Waals surface area (Å²) in [5.74, 6) is 0. The quantitative estimate of drug-likeness (QED) is 0.0534. The lowest BCUT2D eigenvalue weighted by Gasteiger charge is -2.62. The second-order valence-electron chi connectivity index (χ2n) is 40.9. The summed E-state index contributed by atoms with van der Waals surface area (Å²) in [7, 11) is 128. The smallest absolute Gasteiger partial charge is 0.000000832 e. The first kappa shape index (κ1) is 96.9. The molecule has 0 heterocycles. The predicted molar refractivity (Wildman–Crippen MR) is 653 cm³/mol. The van der Waals surface area contributed by atoms with E-state index in [2.05, 4.69) is 356 Å². The summed E-state index contributed by atoms with van der Waals surface area (Å²) in [6.45, 7) is 0. The minimum atomic E-state index is 0.467. The SMILES string of the molecule is BBB(B)B(B(B(B)B)B(B)B)B(B(B(B(B)B)B(B)B)B(B(B)B)B(B)B)B(B(B(B(B(B)B)B(B)B)B(B(B)B)B(B)B)B(B(B(B)B)B(B)B)B(B(B)B)B(B)B)B(B(B(B(B)B)B(B)B)B(B(B)B)B(B)B)B(B(B(B)B)B(B)B)B(B(B)B)B(B)B. The molecule has 0 aromatic rings. The van der Waals surface area contributed by atoms with Gasteiger partial charge in [0.05, 0.1) is 356 Å². The lowest BCUT2D eigenvalue weighted by Crippen LogP contribution is -3.00. The fourth-order valence-corrected chi connectivity index (χ4v) is 26.5. The van der Waals surface area contributed by atoms with Gasteiger partial charge in [-0.2, -0.15) is 0 Å². The van der Waals surface area contributed by atoms with Crippen LogP contribution in [0.15, 0.2) is 0 Å². The molecule has 0 atom stereocenters. The van der Waals surface area contributed by atoms with E-state index in [0.29, 0.717) is 281 Å². The van der Waals surface area contributed by atoms with E-state index in [9.17, 15) is 0 Å². The van der Waals surface area contributed by atoms with Crippen LogP contribution in [-0.2, 0) is 0 Å². The van der Waals surface area contributed by atoms with Gasteiger partial charge in [-0.3, -0.25) is 0 Å². The third kappa shape index (κ3) is 26.1. The first-order chi connectivity index (χ1) is 41.4. The van der Waals surface area contributed by atoms with Crippen LogP contribution in [0.4, 0.5) is 0 Å². The Bertz CT molecular complexity index is 1460. The Kier molecular flexibility index (Phi) is 47.7. The highest BCUT2D eigenvalue weighted by molar-refractivity contribution is 8.43. The molecule has 0 bridgehead atoms. The predicted octanol–water partition coefficient (Wildman–Crippen LogP) is -59.5. The Hall–Kier alpha value is 5.91. The van der Waals surface area contributed by atoms with Crippen molar-refractivity contribution in [3.8, 4) is 0 Å². The van der Waals surface area contributed by atoms with Crippen molar-refractivity contribution in [1.82, 2.24) is 0 Å². The molecular weight excluding hydrogens is 984 g/mol. The number of hydrogen-bond acceptors (Lipinski definition) is 0. The van der Waals surface area contributed by atoms with E-state index in [4.69, 9.17) is 0 Å². The van der Waals surface area contributed by atoms with Crippen LogP contribution < -0.4 is 0 Å². The van der Waals surface area contributed by atoms with Crippen LogP contribution in [0.1, 0.15) is 0 Å². The van der Waals surface area contributed by atoms with Gasteiger partial charge in [-0.05, 0) is 0 Å². The van der Waals surface area contributed by atoms with Gasteiger partial charge in [0.2, 0.25) is 0 Å². The van der Waals surface area contributed by atoms with E-state index >= 15 is 0 Å². The maximum Gasteiger partial charge on any atom is 0.0594 e. The Morgan fingerprint density at radius 3 is 0.242 bits per heavy atom. The highest BCUT2D eigenvalue weighted by Gasteiger charge is 2.68. The average molecular weight is 1080 g/mol. The monoisotopic (exact) mass is 1100 g/mol. The largest absolute Gasteiger partial charge is 0.0594 e. The molecule has 0 saturated carbocycles. The van der Waals surface area contributed by atoms with Crippen molar-refractivity contribution in [2.45, 2.75) is 0 Å². The molecule has 0 N–H and O–H groups in total. The van der Waals surface area contributed by atoms with Gasteiger partial charge in [0.25, 0.3) is 0 Å². The van der Waals surface area contributed by atoms with E-state index in [1.54, 1.807) is 0 Å². The van der Waals surface area contributed by atoms with E-state index in [-0.39, 0.29) is 0 Å². The summed E-state index contributed by atoms with van der Waals surface area (Å²) in [6, 6.07) is 0. The average Bonchev–Trinajstić information content (AvgIpc) is 3.33. The zero-order valence-electron chi connectivity index (χ0n) is 72.1. The van der Waals surface area contributed by atoms with Gasteiger partial charge in [0.1, 0.15) is 0 Å². The van der Waals surface area contributed by atoms with Crippen LogP contribution >= 0.6 is 0 Å². The zero-order valence-corrected chi connectivity index (χ0v) is 72.1. The van der Waals surface area contributed by atoms with Crippen LogP contribution in [0, 0.1) is 0 Å². The molecule has 0 rings (SSSR count). The second kappa shape index (κ2) is 44.8. The van der Waals surface area contributed by atoms with Gasteiger partial charge in [-0.1, -0.05) is 0 Å². The maximum atomic E-state index is 2.88. The molecule has 0 unspecified atom stereocenters. The zero-order chi connectivity index (χ0) is 72.1. The molecule has 366 valence electrons. The third-order valence-electron chi connectivity index (χ3n) is 27.1. The lowest BCUT2D eigenvalue weighted by atomic mass is 8.19. The van der Waals surface area contributed by atoms with Gasteiger partial charge in [-0.25, -0.2) is 0 Å². The van der Waals surface area contributed by atoms with Gasteiger partial charge in [-0.15, -0.1) is 0 Å². The number of rotatable bonds is 44. The molecule has 91 heavy (non-hydrogen) atoms. The third-order valence-corrected chi connectivity index (χ3v) is 27.1. The summed E-state index contributed by atoms with van der Waals surface area (Å²) in [6.07, 6.45) is 24.3. The molecule has 0 spiro atoms. The topological polar surface area (TPSA) is 0 Å². The number of hydrogen-bond donors (Lipinski definition) is 0. The lowest BCUT2D eigenvalue weighted by molar-refractivity contribution is 3.13. The molecular formula is H93B91. The first-order valence-corrected chi connectivity index (χ1v) is 41.4.